The molecular weight excluding hydrogens is 443 g/mol. The highest BCUT2D eigenvalue weighted by atomic mass is 32.1. The van der Waals surface area contributed by atoms with E-state index in [1.165, 1.54) is 35.6 Å². The fourth-order valence-electron chi connectivity index (χ4n) is 3.47. The van der Waals surface area contributed by atoms with E-state index in [-0.39, 0.29) is 29.5 Å². The molecular formula is C26H19FO5S. The molecule has 166 valence electrons. The van der Waals surface area contributed by atoms with E-state index in [2.05, 4.69) is 4.74 Å². The number of ketones is 1. The monoisotopic (exact) mass is 462 g/mol. The third-order valence-electron chi connectivity index (χ3n) is 5.02. The van der Waals surface area contributed by atoms with Crippen LogP contribution in [0.4, 0.5) is 4.39 Å². The van der Waals surface area contributed by atoms with Gasteiger partial charge in [0, 0.05) is 15.6 Å². The number of carbonyl (C=O) groups is 2. The molecule has 1 heterocycles. The van der Waals surface area contributed by atoms with Crippen LogP contribution >= 0.6 is 11.3 Å². The first-order valence-electron chi connectivity index (χ1n) is 9.98. The molecule has 0 saturated heterocycles. The Morgan fingerprint density at radius 1 is 1.06 bits per heavy atom. The summed E-state index contributed by atoms with van der Waals surface area (Å²) in [5.41, 5.74) is 2.85. The van der Waals surface area contributed by atoms with Crippen LogP contribution in [0.15, 0.2) is 60.9 Å². The zero-order valence-corrected chi connectivity index (χ0v) is 18.6. The van der Waals surface area contributed by atoms with Gasteiger partial charge in [0.1, 0.15) is 10.6 Å². The van der Waals surface area contributed by atoms with Gasteiger partial charge < -0.3 is 14.6 Å². The summed E-state index contributed by atoms with van der Waals surface area (Å²) in [4.78, 5) is 24.0. The highest BCUT2D eigenvalue weighted by Gasteiger charge is 2.24. The van der Waals surface area contributed by atoms with E-state index in [1.807, 2.05) is 26.0 Å². The minimum atomic E-state index is -0.647. The first-order valence-corrected chi connectivity index (χ1v) is 10.8. The van der Waals surface area contributed by atoms with Crippen molar-refractivity contribution in [1.29, 1.82) is 0 Å². The van der Waals surface area contributed by atoms with Gasteiger partial charge in [-0.2, -0.15) is 0 Å². The van der Waals surface area contributed by atoms with Gasteiger partial charge in [0.15, 0.2) is 17.3 Å². The molecule has 0 saturated carbocycles. The van der Waals surface area contributed by atoms with Crippen LogP contribution < -0.4 is 4.74 Å². The summed E-state index contributed by atoms with van der Waals surface area (Å²) < 4.78 is 25.9. The summed E-state index contributed by atoms with van der Waals surface area (Å²) in [6.07, 6.45) is 2.57. The predicted molar refractivity (Wildman–Crippen MR) is 125 cm³/mol. The molecule has 0 amide bonds. The van der Waals surface area contributed by atoms with Crippen molar-refractivity contribution in [2.75, 3.05) is 0 Å². The number of ether oxygens (including phenoxy) is 2. The second-order valence-corrected chi connectivity index (χ2v) is 8.47. The lowest BCUT2D eigenvalue weighted by molar-refractivity contribution is -0.123. The van der Waals surface area contributed by atoms with Gasteiger partial charge in [-0.25, -0.2) is 4.39 Å². The van der Waals surface area contributed by atoms with Gasteiger partial charge in [-0.05, 0) is 61.4 Å². The third-order valence-corrected chi connectivity index (χ3v) is 6.16. The van der Waals surface area contributed by atoms with Crippen molar-refractivity contribution in [1.82, 2.24) is 0 Å². The largest absolute Gasteiger partial charge is 0.508 e. The van der Waals surface area contributed by atoms with E-state index in [0.29, 0.717) is 26.1 Å². The molecule has 0 fully saturated rings. The summed E-state index contributed by atoms with van der Waals surface area (Å²) in [6, 6.07) is 14.5. The number of phenolic OH excluding ortho intramolecular Hbond substituents is 1. The van der Waals surface area contributed by atoms with Crippen LogP contribution in [-0.4, -0.2) is 17.4 Å². The normalized spacial score (nSPS) is 11.1. The maximum atomic E-state index is 14.8. The third kappa shape index (κ3) is 4.63. The number of aryl methyl sites for hydroxylation is 2. The summed E-state index contributed by atoms with van der Waals surface area (Å²) in [6.45, 7) is 4.07. The van der Waals surface area contributed by atoms with Gasteiger partial charge in [-0.3, -0.25) is 9.59 Å². The molecule has 0 bridgehead atoms. The number of rotatable bonds is 7. The maximum Gasteiger partial charge on any atom is 0.297 e. The van der Waals surface area contributed by atoms with E-state index in [4.69, 9.17) is 4.74 Å². The number of hydrogen-bond acceptors (Lipinski definition) is 6. The molecule has 1 N–H and O–H groups in total. The van der Waals surface area contributed by atoms with Crippen LogP contribution in [0.25, 0.3) is 16.2 Å². The molecule has 0 aliphatic heterocycles. The molecule has 0 aliphatic rings. The summed E-state index contributed by atoms with van der Waals surface area (Å²) in [5, 5.41) is 10.5. The number of halogens is 1. The van der Waals surface area contributed by atoms with E-state index in [9.17, 15) is 19.1 Å². The lowest BCUT2D eigenvalue weighted by Gasteiger charge is -2.10. The van der Waals surface area contributed by atoms with Crippen LogP contribution in [0.5, 0.6) is 17.2 Å². The molecule has 5 nitrogen and oxygen atoms in total. The topological polar surface area (TPSA) is 72.8 Å². The molecule has 0 unspecified atom stereocenters. The fraction of sp³-hybridized carbons (Fsp3) is 0.0769. The number of hydrogen-bond donors (Lipinski definition) is 1. The zero-order chi connectivity index (χ0) is 23.5. The molecule has 33 heavy (non-hydrogen) atoms. The van der Waals surface area contributed by atoms with Gasteiger partial charge in [0.2, 0.25) is 5.78 Å². The Labute approximate surface area is 193 Å². The van der Waals surface area contributed by atoms with Crippen LogP contribution in [-0.2, 0) is 9.53 Å². The Hall–Kier alpha value is -3.97. The van der Waals surface area contributed by atoms with Crippen molar-refractivity contribution >= 4 is 39.8 Å². The lowest BCUT2D eigenvalue weighted by Crippen LogP contribution is -2.04. The summed E-state index contributed by atoms with van der Waals surface area (Å²) in [7, 11) is 0. The SMILES string of the molecule is Cc1ccc(C(=O)c2sc3cc(O)ccc3c2Oc2ccc(/C=C/OC=O)cc2F)c(C)c1. The molecule has 4 aromatic rings. The first kappa shape index (κ1) is 22.2. The van der Waals surface area contributed by atoms with Gasteiger partial charge in [-0.15, -0.1) is 11.3 Å². The second-order valence-electron chi connectivity index (χ2n) is 7.42. The molecule has 4 rings (SSSR count). The van der Waals surface area contributed by atoms with Crippen molar-refractivity contribution < 1.29 is 28.6 Å². The van der Waals surface area contributed by atoms with E-state index in [0.717, 1.165) is 17.4 Å². The minimum Gasteiger partial charge on any atom is -0.508 e. The number of thiophene rings is 1. The van der Waals surface area contributed by atoms with Gasteiger partial charge in [0.25, 0.3) is 6.47 Å². The molecule has 0 radical (unpaired) electrons. The van der Waals surface area contributed by atoms with Crippen LogP contribution in [0.1, 0.15) is 31.9 Å². The van der Waals surface area contributed by atoms with Crippen molar-refractivity contribution in [3.05, 3.63) is 93.8 Å². The van der Waals surface area contributed by atoms with E-state index in [1.54, 1.807) is 24.3 Å². The van der Waals surface area contributed by atoms with Crippen LogP contribution in [0, 0.1) is 19.7 Å². The van der Waals surface area contributed by atoms with Crippen LogP contribution in [0.3, 0.4) is 0 Å². The number of fused-ring (bicyclic) bond motifs is 1. The number of phenols is 1. The lowest BCUT2D eigenvalue weighted by atomic mass is 10.0. The van der Waals surface area contributed by atoms with E-state index < -0.39 is 5.82 Å². The van der Waals surface area contributed by atoms with Crippen molar-refractivity contribution in [2.45, 2.75) is 13.8 Å². The standard InChI is InChI=1S/C26H19FO5S/c1-15-3-6-19(16(2)11-15)24(30)26-25(20-7-5-18(29)13-23(20)33-26)32-22-8-4-17(12-21(22)27)9-10-31-14-28/h3-14,29H,1-2H3/b10-9+. The summed E-state index contributed by atoms with van der Waals surface area (Å²) in [5.74, 6) is -0.668. The molecule has 0 atom stereocenters. The molecule has 7 heteroatoms. The zero-order valence-electron chi connectivity index (χ0n) is 17.8. The highest BCUT2D eigenvalue weighted by Crippen LogP contribution is 2.43. The van der Waals surface area contributed by atoms with Gasteiger partial charge in [0.05, 0.1) is 6.26 Å². The van der Waals surface area contributed by atoms with Crippen LogP contribution in [0.2, 0.25) is 0 Å². The van der Waals surface area contributed by atoms with Gasteiger partial charge in [-0.1, -0.05) is 29.8 Å². The summed E-state index contributed by atoms with van der Waals surface area (Å²) >= 11 is 1.18. The molecule has 3 aromatic carbocycles. The Morgan fingerprint density at radius 3 is 2.61 bits per heavy atom. The van der Waals surface area contributed by atoms with Crippen molar-refractivity contribution in [2.24, 2.45) is 0 Å². The first-order chi connectivity index (χ1) is 15.9. The average Bonchev–Trinajstić information content (AvgIpc) is 3.12. The Balaban J connectivity index is 1.78. The van der Waals surface area contributed by atoms with Gasteiger partial charge >= 0.3 is 0 Å². The Bertz CT molecular complexity index is 1400. The predicted octanol–water partition coefficient (Wildman–Crippen LogP) is 6.53. The molecule has 0 spiro atoms. The maximum absolute atomic E-state index is 14.8. The molecule has 1 aromatic heterocycles. The quantitative estimate of drug-likeness (QED) is 0.192. The Morgan fingerprint density at radius 2 is 1.88 bits per heavy atom. The number of benzene rings is 3. The number of aromatic hydroxyl groups is 1. The highest BCUT2D eigenvalue weighted by molar-refractivity contribution is 7.21. The fourth-order valence-corrected chi connectivity index (χ4v) is 4.58. The Kier molecular flexibility index (Phi) is 6.24. The average molecular weight is 462 g/mol. The molecule has 0 aliphatic carbocycles. The smallest absolute Gasteiger partial charge is 0.297 e. The minimum absolute atomic E-state index is 0.0562. The van der Waals surface area contributed by atoms with E-state index >= 15 is 0 Å². The van der Waals surface area contributed by atoms with Crippen molar-refractivity contribution in [3.8, 4) is 17.2 Å². The van der Waals surface area contributed by atoms with Crippen molar-refractivity contribution in [3.63, 3.8) is 0 Å². The second kappa shape index (κ2) is 9.26. The number of carbonyl (C=O) groups excluding carboxylic acids is 2.